The predicted octanol–water partition coefficient (Wildman–Crippen LogP) is -0.0223. The molecule has 1 fully saturated rings. The molecule has 14 heavy (non-hydrogen) atoms. The fourth-order valence-corrected chi connectivity index (χ4v) is 1.78. The molecule has 0 saturated carbocycles. The molecule has 1 aliphatic rings. The first-order valence-electron chi connectivity index (χ1n) is 4.80. The fourth-order valence-electron chi connectivity index (χ4n) is 1.78. The van der Waals surface area contributed by atoms with Gasteiger partial charge in [-0.3, -0.25) is 4.79 Å². The van der Waals surface area contributed by atoms with Gasteiger partial charge in [0.1, 0.15) is 0 Å². The summed E-state index contributed by atoms with van der Waals surface area (Å²) in [7, 11) is 1.17. The molecule has 0 aromatic carbocycles. The van der Waals surface area contributed by atoms with Gasteiger partial charge in [-0.05, 0) is 25.8 Å². The zero-order valence-corrected chi connectivity index (χ0v) is 8.31. The van der Waals surface area contributed by atoms with E-state index < -0.39 is 11.8 Å². The van der Waals surface area contributed by atoms with Crippen LogP contribution in [0.25, 0.3) is 0 Å². The van der Waals surface area contributed by atoms with Gasteiger partial charge in [0.05, 0.1) is 12.5 Å². The molecule has 82 valence electrons. The number of ether oxygens (including phenoxy) is 1. The Morgan fingerprint density at radius 1 is 1.64 bits per heavy atom. The van der Waals surface area contributed by atoms with Gasteiger partial charge in [-0.1, -0.05) is 0 Å². The molecule has 0 aliphatic carbocycles. The van der Waals surface area contributed by atoms with E-state index >= 15 is 0 Å². The van der Waals surface area contributed by atoms with Crippen molar-refractivity contribution in [3.8, 4) is 0 Å². The number of amides is 1. The first kappa shape index (κ1) is 11.4. The smallest absolute Gasteiger partial charge is 0.217 e. The van der Waals surface area contributed by atoms with Gasteiger partial charge in [0, 0.05) is 13.2 Å². The Morgan fingerprint density at radius 3 is 2.64 bits per heavy atom. The summed E-state index contributed by atoms with van der Waals surface area (Å²) in [5, 5.41) is 20.2. The number of carbonyl (C=O) groups is 1. The van der Waals surface area contributed by atoms with Gasteiger partial charge in [0.25, 0.3) is 0 Å². The van der Waals surface area contributed by atoms with Crippen LogP contribution >= 0.6 is 0 Å². The van der Waals surface area contributed by atoms with E-state index in [-0.39, 0.29) is 12.5 Å². The number of hydroxylamine groups is 2. The molecule has 1 N–H and O–H groups in total. The Balaban J connectivity index is 2.55. The minimum Gasteiger partial charge on any atom is -0.756 e. The van der Waals surface area contributed by atoms with E-state index in [2.05, 4.69) is 0 Å². The van der Waals surface area contributed by atoms with E-state index in [1.54, 1.807) is 0 Å². The van der Waals surface area contributed by atoms with Crippen LogP contribution in [-0.4, -0.2) is 42.9 Å². The van der Waals surface area contributed by atoms with Crippen LogP contribution in [0, 0.1) is 17.0 Å². The lowest BCUT2D eigenvalue weighted by Gasteiger charge is -2.33. The topological polar surface area (TPSA) is 72.8 Å². The van der Waals surface area contributed by atoms with Crippen LogP contribution in [0.1, 0.15) is 12.8 Å². The summed E-state index contributed by atoms with van der Waals surface area (Å²) in [5.74, 6) is -1.00. The van der Waals surface area contributed by atoms with Gasteiger partial charge < -0.3 is 20.1 Å². The van der Waals surface area contributed by atoms with Crippen molar-refractivity contribution in [3.63, 3.8) is 0 Å². The van der Waals surface area contributed by atoms with Crippen LogP contribution in [0.4, 0.5) is 0 Å². The van der Waals surface area contributed by atoms with Gasteiger partial charge in [0.15, 0.2) is 0 Å². The number of rotatable bonds is 3. The second kappa shape index (κ2) is 5.29. The molecule has 1 unspecified atom stereocenters. The number of hydrogen-bond acceptors (Lipinski definition) is 4. The zero-order valence-electron chi connectivity index (χ0n) is 8.31. The average molecular weight is 202 g/mol. The van der Waals surface area contributed by atoms with Crippen LogP contribution < -0.4 is 0 Å². The number of nitrogens with zero attached hydrogens (tertiary/aromatic N) is 1. The molecule has 1 heterocycles. The van der Waals surface area contributed by atoms with Crippen molar-refractivity contribution in [1.82, 2.24) is 5.06 Å². The zero-order chi connectivity index (χ0) is 10.6. The summed E-state index contributed by atoms with van der Waals surface area (Å²) >= 11 is 0. The lowest BCUT2D eigenvalue weighted by molar-refractivity contribution is -0.136. The summed E-state index contributed by atoms with van der Waals surface area (Å²) in [6, 6.07) is 0. The molecular formula is C9H16NO4-. The molecule has 0 aromatic heterocycles. The van der Waals surface area contributed by atoms with Crippen LogP contribution in [-0.2, 0) is 9.53 Å². The van der Waals surface area contributed by atoms with Crippen molar-refractivity contribution in [3.05, 3.63) is 5.21 Å². The fraction of sp³-hybridized carbons (Fsp3) is 0.889. The summed E-state index contributed by atoms with van der Waals surface area (Å²) in [6.07, 6.45) is 1.48. The van der Waals surface area contributed by atoms with Crippen LogP contribution in [0.2, 0.25) is 0 Å². The molecule has 0 bridgehead atoms. The molecule has 5 heteroatoms. The van der Waals surface area contributed by atoms with Crippen molar-refractivity contribution < 1.29 is 14.6 Å². The monoisotopic (exact) mass is 202 g/mol. The maximum Gasteiger partial charge on any atom is 0.217 e. The quantitative estimate of drug-likeness (QED) is 0.653. The van der Waals surface area contributed by atoms with Crippen molar-refractivity contribution in [1.29, 1.82) is 0 Å². The van der Waals surface area contributed by atoms with E-state index in [9.17, 15) is 10.0 Å². The van der Waals surface area contributed by atoms with E-state index in [1.165, 1.54) is 7.05 Å². The summed E-state index contributed by atoms with van der Waals surface area (Å²) in [4.78, 5) is 11.4. The number of carbonyl (C=O) groups excluding carboxylic acids is 1. The van der Waals surface area contributed by atoms with Crippen molar-refractivity contribution in [2.45, 2.75) is 12.8 Å². The second-order valence-corrected chi connectivity index (χ2v) is 3.57. The standard InChI is InChI=1S/C9H16NO4/c1-10(13)9(12)8(6-11)7-2-4-14-5-3-7/h7-8,11H,2-6H2,1H3/q-1. The van der Waals surface area contributed by atoms with Crippen molar-refractivity contribution in [2.24, 2.45) is 11.8 Å². The molecule has 1 saturated heterocycles. The maximum absolute atomic E-state index is 11.4. The van der Waals surface area contributed by atoms with Gasteiger partial charge in [-0.15, -0.1) is 0 Å². The Labute approximate surface area is 83.2 Å². The maximum atomic E-state index is 11.4. The van der Waals surface area contributed by atoms with Crippen molar-refractivity contribution in [2.75, 3.05) is 26.9 Å². The summed E-state index contributed by atoms with van der Waals surface area (Å²) in [6.45, 7) is 0.962. The molecule has 0 spiro atoms. The number of aliphatic hydroxyl groups is 1. The highest BCUT2D eigenvalue weighted by atomic mass is 16.5. The average Bonchev–Trinajstić information content (AvgIpc) is 2.20. The SMILES string of the molecule is CN([O-])C(=O)C(CO)C1CCOCC1. The van der Waals surface area contributed by atoms with Gasteiger partial charge in [-0.2, -0.15) is 0 Å². The molecule has 1 atom stereocenters. The minimum absolute atomic E-state index is 0.0812. The Hall–Kier alpha value is -0.650. The van der Waals surface area contributed by atoms with E-state index in [4.69, 9.17) is 9.84 Å². The summed E-state index contributed by atoms with van der Waals surface area (Å²) < 4.78 is 5.15. The van der Waals surface area contributed by atoms with E-state index in [1.807, 2.05) is 0 Å². The minimum atomic E-state index is -0.554. The van der Waals surface area contributed by atoms with E-state index in [0.29, 0.717) is 18.3 Å². The second-order valence-electron chi connectivity index (χ2n) is 3.57. The molecule has 0 radical (unpaired) electrons. The normalized spacial score (nSPS) is 20.5. The Bertz CT molecular complexity index is 189. The van der Waals surface area contributed by atoms with E-state index in [0.717, 1.165) is 12.8 Å². The summed E-state index contributed by atoms with van der Waals surface area (Å²) in [5.41, 5.74) is 0. The van der Waals surface area contributed by atoms with Gasteiger partial charge in [-0.25, -0.2) is 0 Å². The Morgan fingerprint density at radius 2 is 2.21 bits per heavy atom. The van der Waals surface area contributed by atoms with Gasteiger partial charge >= 0.3 is 0 Å². The largest absolute Gasteiger partial charge is 0.756 e. The predicted molar refractivity (Wildman–Crippen MR) is 50.3 cm³/mol. The third kappa shape index (κ3) is 2.67. The van der Waals surface area contributed by atoms with Crippen molar-refractivity contribution >= 4 is 5.91 Å². The van der Waals surface area contributed by atoms with Crippen LogP contribution in [0.5, 0.6) is 0 Å². The first-order chi connectivity index (χ1) is 6.66. The highest BCUT2D eigenvalue weighted by molar-refractivity contribution is 5.79. The third-order valence-corrected chi connectivity index (χ3v) is 2.66. The molecule has 1 rings (SSSR count). The molecule has 0 aromatic rings. The molecule has 1 amide bonds. The number of hydrogen-bond donors (Lipinski definition) is 1. The number of aliphatic hydroxyl groups excluding tert-OH is 1. The highest BCUT2D eigenvalue weighted by Gasteiger charge is 2.29. The lowest BCUT2D eigenvalue weighted by atomic mass is 9.86. The highest BCUT2D eigenvalue weighted by Crippen LogP contribution is 2.24. The molecular weight excluding hydrogens is 186 g/mol. The Kier molecular flexibility index (Phi) is 4.31. The third-order valence-electron chi connectivity index (χ3n) is 2.66. The van der Waals surface area contributed by atoms with Gasteiger partial charge in [0.2, 0.25) is 5.91 Å². The molecule has 5 nitrogen and oxygen atoms in total. The first-order valence-corrected chi connectivity index (χ1v) is 4.80. The molecule has 1 aliphatic heterocycles. The lowest BCUT2D eigenvalue weighted by Crippen LogP contribution is -2.37. The van der Waals surface area contributed by atoms with Crippen LogP contribution in [0.15, 0.2) is 0 Å². The van der Waals surface area contributed by atoms with Crippen LogP contribution in [0.3, 0.4) is 0 Å².